The molecule has 0 bridgehead atoms. The Labute approximate surface area is 116 Å². The molecule has 3 N–H and O–H groups in total. The van der Waals surface area contributed by atoms with Crippen molar-refractivity contribution < 1.29 is 8.78 Å². The smallest absolute Gasteiger partial charge is 0.173 e. The van der Waals surface area contributed by atoms with E-state index in [2.05, 4.69) is 21.4 Å². The summed E-state index contributed by atoms with van der Waals surface area (Å²) >= 11 is 4.65. The molecule has 96 valence electrons. The summed E-state index contributed by atoms with van der Waals surface area (Å²) in [5.41, 5.74) is 4.11. The van der Waals surface area contributed by atoms with Crippen LogP contribution in [0.3, 0.4) is 0 Å². The second-order valence-corrected chi connectivity index (χ2v) is 5.76. The highest BCUT2D eigenvalue weighted by Crippen LogP contribution is 2.32. The van der Waals surface area contributed by atoms with E-state index in [9.17, 15) is 8.78 Å². The molecule has 1 aromatic heterocycles. The van der Waals surface area contributed by atoms with Crippen LogP contribution in [0.5, 0.6) is 0 Å². The average Bonchev–Trinajstić information content (AvgIpc) is 2.77. The van der Waals surface area contributed by atoms with Gasteiger partial charge < -0.3 is 0 Å². The van der Waals surface area contributed by atoms with E-state index in [1.807, 2.05) is 18.4 Å². The van der Waals surface area contributed by atoms with Gasteiger partial charge in [0.05, 0.1) is 10.5 Å². The Bertz CT molecular complexity index is 571. The summed E-state index contributed by atoms with van der Waals surface area (Å²) < 4.78 is 26.7. The summed E-state index contributed by atoms with van der Waals surface area (Å²) in [4.78, 5) is 1.13. The van der Waals surface area contributed by atoms with Crippen molar-refractivity contribution in [2.45, 2.75) is 13.0 Å². The summed E-state index contributed by atoms with van der Waals surface area (Å²) in [6.45, 7) is 1.97. The molecule has 0 fully saturated rings. The maximum absolute atomic E-state index is 13.5. The summed E-state index contributed by atoms with van der Waals surface area (Å²) in [5.74, 6) is 3.73. The van der Waals surface area contributed by atoms with E-state index in [0.717, 1.165) is 16.5 Å². The SMILES string of the molecule is Cc1cc(C(NN)c2ccc(F)c(F)c2Br)cs1. The van der Waals surface area contributed by atoms with Gasteiger partial charge in [0.15, 0.2) is 11.6 Å². The largest absolute Gasteiger partial charge is 0.271 e. The molecule has 0 aliphatic rings. The van der Waals surface area contributed by atoms with Gasteiger partial charge in [-0.3, -0.25) is 5.84 Å². The van der Waals surface area contributed by atoms with E-state index in [0.29, 0.717) is 5.56 Å². The fourth-order valence-corrected chi connectivity index (χ4v) is 3.03. The summed E-state index contributed by atoms with van der Waals surface area (Å²) in [7, 11) is 0. The Hall–Kier alpha value is -0.820. The monoisotopic (exact) mass is 332 g/mol. The van der Waals surface area contributed by atoms with Crippen LogP contribution in [-0.2, 0) is 0 Å². The lowest BCUT2D eigenvalue weighted by Gasteiger charge is -2.17. The van der Waals surface area contributed by atoms with E-state index >= 15 is 0 Å². The highest BCUT2D eigenvalue weighted by atomic mass is 79.9. The second kappa shape index (κ2) is 5.44. The van der Waals surface area contributed by atoms with Gasteiger partial charge >= 0.3 is 0 Å². The number of thiophene rings is 1. The Kier molecular flexibility index (Phi) is 4.11. The first kappa shape index (κ1) is 13.6. The van der Waals surface area contributed by atoms with E-state index in [-0.39, 0.29) is 10.5 Å². The first-order valence-electron chi connectivity index (χ1n) is 5.19. The molecule has 0 aliphatic heterocycles. The Morgan fingerprint density at radius 3 is 2.67 bits per heavy atom. The summed E-state index contributed by atoms with van der Waals surface area (Å²) in [5, 5.41) is 1.94. The minimum absolute atomic E-state index is 0.0919. The zero-order valence-electron chi connectivity index (χ0n) is 9.51. The lowest BCUT2D eigenvalue weighted by atomic mass is 10.0. The fraction of sp³-hybridized carbons (Fsp3) is 0.167. The third kappa shape index (κ3) is 2.47. The van der Waals surface area contributed by atoms with Crippen LogP contribution in [0.15, 0.2) is 28.1 Å². The molecular weight excluding hydrogens is 322 g/mol. The van der Waals surface area contributed by atoms with E-state index < -0.39 is 11.6 Å². The van der Waals surface area contributed by atoms with Crippen molar-refractivity contribution in [3.8, 4) is 0 Å². The minimum Gasteiger partial charge on any atom is -0.271 e. The number of nitrogens with one attached hydrogen (secondary N) is 1. The van der Waals surface area contributed by atoms with Crippen molar-refractivity contribution in [3.05, 3.63) is 55.7 Å². The fourth-order valence-electron chi connectivity index (χ4n) is 1.74. The minimum atomic E-state index is -0.903. The van der Waals surface area contributed by atoms with Crippen molar-refractivity contribution in [2.75, 3.05) is 0 Å². The van der Waals surface area contributed by atoms with Crippen LogP contribution in [0.4, 0.5) is 8.78 Å². The molecule has 0 saturated carbocycles. The van der Waals surface area contributed by atoms with Gasteiger partial charge in [-0.2, -0.15) is 0 Å². The van der Waals surface area contributed by atoms with Crippen LogP contribution in [0.1, 0.15) is 22.0 Å². The van der Waals surface area contributed by atoms with Crippen molar-refractivity contribution in [1.82, 2.24) is 5.43 Å². The molecule has 1 unspecified atom stereocenters. The predicted octanol–water partition coefficient (Wildman–Crippen LogP) is 3.65. The Morgan fingerprint density at radius 1 is 1.39 bits per heavy atom. The van der Waals surface area contributed by atoms with Crippen molar-refractivity contribution >= 4 is 27.3 Å². The topological polar surface area (TPSA) is 38.0 Å². The zero-order chi connectivity index (χ0) is 13.3. The molecule has 0 spiro atoms. The second-order valence-electron chi connectivity index (χ2n) is 3.85. The number of rotatable bonds is 3. The number of hydrazine groups is 1. The highest BCUT2D eigenvalue weighted by Gasteiger charge is 2.20. The van der Waals surface area contributed by atoms with E-state index in [4.69, 9.17) is 5.84 Å². The van der Waals surface area contributed by atoms with Crippen LogP contribution in [-0.4, -0.2) is 0 Å². The summed E-state index contributed by atoms with van der Waals surface area (Å²) in [6, 6.07) is 4.20. The highest BCUT2D eigenvalue weighted by molar-refractivity contribution is 9.10. The quantitative estimate of drug-likeness (QED) is 0.511. The Morgan fingerprint density at radius 2 is 2.11 bits per heavy atom. The first-order chi connectivity index (χ1) is 8.54. The third-order valence-corrected chi connectivity index (χ3v) is 4.31. The maximum atomic E-state index is 13.5. The molecule has 0 aliphatic carbocycles. The van der Waals surface area contributed by atoms with Crippen molar-refractivity contribution in [2.24, 2.45) is 5.84 Å². The van der Waals surface area contributed by atoms with Crippen molar-refractivity contribution in [3.63, 3.8) is 0 Å². The summed E-state index contributed by atoms with van der Waals surface area (Å²) in [6.07, 6.45) is 0. The third-order valence-electron chi connectivity index (χ3n) is 2.63. The number of nitrogens with two attached hydrogens (primary N) is 1. The number of aryl methyl sites for hydroxylation is 1. The zero-order valence-corrected chi connectivity index (χ0v) is 11.9. The number of hydrogen-bond donors (Lipinski definition) is 2. The van der Waals surface area contributed by atoms with Gasteiger partial charge in [0.1, 0.15) is 0 Å². The molecule has 1 heterocycles. The molecule has 2 aromatic rings. The van der Waals surface area contributed by atoms with Gasteiger partial charge in [-0.05, 0) is 51.5 Å². The lowest BCUT2D eigenvalue weighted by Crippen LogP contribution is -2.29. The van der Waals surface area contributed by atoms with Gasteiger partial charge in [-0.25, -0.2) is 14.2 Å². The standard InChI is InChI=1S/C12H11BrF2N2S/c1-6-4-7(5-18-6)12(17-16)8-2-3-9(14)11(15)10(8)13/h2-5,12,17H,16H2,1H3. The normalized spacial score (nSPS) is 12.7. The van der Waals surface area contributed by atoms with Crippen molar-refractivity contribution in [1.29, 1.82) is 0 Å². The molecule has 2 nitrogen and oxygen atoms in total. The number of benzene rings is 1. The van der Waals surface area contributed by atoms with E-state index in [1.54, 1.807) is 11.3 Å². The van der Waals surface area contributed by atoms with E-state index in [1.165, 1.54) is 6.07 Å². The van der Waals surface area contributed by atoms with Gasteiger partial charge in [-0.1, -0.05) is 6.07 Å². The lowest BCUT2D eigenvalue weighted by molar-refractivity contribution is 0.498. The molecule has 18 heavy (non-hydrogen) atoms. The molecule has 0 amide bonds. The average molecular weight is 333 g/mol. The maximum Gasteiger partial charge on any atom is 0.173 e. The molecule has 1 atom stereocenters. The van der Waals surface area contributed by atoms with Gasteiger partial charge in [-0.15, -0.1) is 11.3 Å². The van der Waals surface area contributed by atoms with Crippen LogP contribution in [0.2, 0.25) is 0 Å². The molecule has 0 saturated heterocycles. The van der Waals surface area contributed by atoms with Crippen LogP contribution in [0.25, 0.3) is 0 Å². The van der Waals surface area contributed by atoms with Gasteiger partial charge in [0, 0.05) is 4.88 Å². The van der Waals surface area contributed by atoms with Gasteiger partial charge in [0.2, 0.25) is 0 Å². The van der Waals surface area contributed by atoms with Crippen LogP contribution in [0, 0.1) is 18.6 Å². The number of hydrogen-bond acceptors (Lipinski definition) is 3. The predicted molar refractivity (Wildman–Crippen MR) is 72.3 cm³/mol. The van der Waals surface area contributed by atoms with Crippen LogP contribution < -0.4 is 11.3 Å². The molecule has 1 aromatic carbocycles. The molecule has 6 heteroatoms. The molecule has 2 rings (SSSR count). The number of halogens is 3. The van der Waals surface area contributed by atoms with Gasteiger partial charge in [0.25, 0.3) is 0 Å². The first-order valence-corrected chi connectivity index (χ1v) is 6.86. The van der Waals surface area contributed by atoms with Crippen LogP contribution >= 0.6 is 27.3 Å². The molecular formula is C12H11BrF2N2S. The Balaban J connectivity index is 2.49. The molecule has 0 radical (unpaired) electrons.